The molecule has 0 bridgehead atoms. The van der Waals surface area contributed by atoms with Gasteiger partial charge >= 0.3 is 0 Å². The summed E-state index contributed by atoms with van der Waals surface area (Å²) in [5.74, 6) is 2.77. The summed E-state index contributed by atoms with van der Waals surface area (Å²) >= 11 is 1.88. The van der Waals surface area contributed by atoms with Crippen molar-refractivity contribution in [2.75, 3.05) is 5.75 Å². The van der Waals surface area contributed by atoms with Crippen molar-refractivity contribution in [2.45, 2.75) is 25.0 Å². The Kier molecular flexibility index (Phi) is 2.99. The van der Waals surface area contributed by atoms with Gasteiger partial charge in [-0.2, -0.15) is 16.7 Å². The summed E-state index contributed by atoms with van der Waals surface area (Å²) in [5, 5.41) is 13.9. The summed E-state index contributed by atoms with van der Waals surface area (Å²) in [6.07, 6.45) is 2.34. The smallest absolute Gasteiger partial charge is 0.257 e. The van der Waals surface area contributed by atoms with Crippen LogP contribution in [0.15, 0.2) is 22.7 Å². The van der Waals surface area contributed by atoms with Crippen LogP contribution in [-0.4, -0.2) is 21.0 Å². The third-order valence-electron chi connectivity index (χ3n) is 3.10. The normalized spacial score (nSPS) is 19.3. The van der Waals surface area contributed by atoms with Crippen LogP contribution in [0, 0.1) is 6.92 Å². The third kappa shape index (κ3) is 2.10. The van der Waals surface area contributed by atoms with Crippen LogP contribution >= 0.6 is 11.8 Å². The molecule has 2 aromatic rings. The van der Waals surface area contributed by atoms with Crippen molar-refractivity contribution < 1.29 is 9.63 Å². The number of hydrogen-bond acceptors (Lipinski definition) is 5. The number of aromatic hydroxyl groups is 1. The lowest BCUT2D eigenvalue weighted by Gasteiger charge is -2.00. The average Bonchev–Trinajstić information content (AvgIpc) is 3.01. The molecule has 1 saturated heterocycles. The van der Waals surface area contributed by atoms with Gasteiger partial charge in [0, 0.05) is 5.56 Å². The topological polar surface area (TPSA) is 59.2 Å². The predicted octanol–water partition coefficient (Wildman–Crippen LogP) is 3.32. The first kappa shape index (κ1) is 11.6. The summed E-state index contributed by atoms with van der Waals surface area (Å²) in [4.78, 5) is 4.45. The van der Waals surface area contributed by atoms with Gasteiger partial charge in [-0.05, 0) is 49.3 Å². The standard InChI is InChI=1S/C13H14N2O2S/c1-8-7-9(4-5-10(8)16)13-14-12(15-17-13)11-3-2-6-18-11/h4-5,7,11,16H,2-3,6H2,1H3. The molecule has 1 aliphatic rings. The van der Waals surface area contributed by atoms with Crippen molar-refractivity contribution in [3.63, 3.8) is 0 Å². The molecule has 2 heterocycles. The zero-order valence-electron chi connectivity index (χ0n) is 10.1. The molecule has 94 valence electrons. The van der Waals surface area contributed by atoms with Crippen LogP contribution in [-0.2, 0) is 0 Å². The van der Waals surface area contributed by atoms with Crippen LogP contribution in [0.2, 0.25) is 0 Å². The molecule has 18 heavy (non-hydrogen) atoms. The number of aromatic nitrogens is 2. The molecule has 1 unspecified atom stereocenters. The third-order valence-corrected chi connectivity index (χ3v) is 4.48. The van der Waals surface area contributed by atoms with E-state index in [0.29, 0.717) is 11.1 Å². The largest absolute Gasteiger partial charge is 0.508 e. The number of phenols is 1. The number of nitrogens with zero attached hydrogens (tertiary/aromatic N) is 2. The van der Waals surface area contributed by atoms with E-state index in [1.807, 2.05) is 24.8 Å². The van der Waals surface area contributed by atoms with E-state index in [1.165, 1.54) is 12.2 Å². The predicted molar refractivity (Wildman–Crippen MR) is 70.6 cm³/mol. The first-order chi connectivity index (χ1) is 8.74. The summed E-state index contributed by atoms with van der Waals surface area (Å²) in [7, 11) is 0. The molecule has 1 aromatic heterocycles. The van der Waals surface area contributed by atoms with Crippen molar-refractivity contribution in [2.24, 2.45) is 0 Å². The fourth-order valence-electron chi connectivity index (χ4n) is 2.05. The molecule has 0 spiro atoms. The molecular formula is C13H14N2O2S. The molecule has 0 saturated carbocycles. The van der Waals surface area contributed by atoms with E-state index >= 15 is 0 Å². The Morgan fingerprint density at radius 2 is 2.33 bits per heavy atom. The van der Waals surface area contributed by atoms with E-state index in [4.69, 9.17) is 4.52 Å². The number of rotatable bonds is 2. The minimum atomic E-state index is 0.282. The molecular weight excluding hydrogens is 248 g/mol. The van der Waals surface area contributed by atoms with Crippen LogP contribution < -0.4 is 0 Å². The van der Waals surface area contributed by atoms with Crippen molar-refractivity contribution in [3.8, 4) is 17.2 Å². The lowest BCUT2D eigenvalue weighted by Crippen LogP contribution is -1.91. The zero-order chi connectivity index (χ0) is 12.5. The molecule has 1 aromatic carbocycles. The van der Waals surface area contributed by atoms with E-state index in [0.717, 1.165) is 23.4 Å². The van der Waals surface area contributed by atoms with E-state index in [-0.39, 0.29) is 5.75 Å². The lowest BCUT2D eigenvalue weighted by atomic mass is 10.1. The van der Waals surface area contributed by atoms with Crippen LogP contribution in [0.5, 0.6) is 5.75 Å². The van der Waals surface area contributed by atoms with Crippen LogP contribution in [0.3, 0.4) is 0 Å². The van der Waals surface area contributed by atoms with Crippen LogP contribution in [0.4, 0.5) is 0 Å². The lowest BCUT2D eigenvalue weighted by molar-refractivity contribution is 0.421. The first-order valence-electron chi connectivity index (χ1n) is 5.99. The van der Waals surface area contributed by atoms with Crippen molar-refractivity contribution in [1.29, 1.82) is 0 Å². The molecule has 0 aliphatic carbocycles. The maximum atomic E-state index is 9.50. The number of hydrogen-bond donors (Lipinski definition) is 1. The van der Waals surface area contributed by atoms with Crippen molar-refractivity contribution >= 4 is 11.8 Å². The van der Waals surface area contributed by atoms with Crippen molar-refractivity contribution in [1.82, 2.24) is 10.1 Å². The number of aryl methyl sites for hydroxylation is 1. The molecule has 5 heteroatoms. The van der Waals surface area contributed by atoms with Gasteiger partial charge in [0.15, 0.2) is 5.82 Å². The summed E-state index contributed by atoms with van der Waals surface area (Å²) in [6, 6.07) is 5.30. The summed E-state index contributed by atoms with van der Waals surface area (Å²) < 4.78 is 5.30. The average molecular weight is 262 g/mol. The highest BCUT2D eigenvalue weighted by molar-refractivity contribution is 7.99. The SMILES string of the molecule is Cc1cc(-c2nc(C3CCCS3)no2)ccc1O. The van der Waals surface area contributed by atoms with Gasteiger partial charge in [-0.15, -0.1) is 0 Å². The van der Waals surface area contributed by atoms with Gasteiger partial charge < -0.3 is 9.63 Å². The Hall–Kier alpha value is -1.49. The van der Waals surface area contributed by atoms with Crippen molar-refractivity contribution in [3.05, 3.63) is 29.6 Å². The van der Waals surface area contributed by atoms with E-state index in [9.17, 15) is 5.11 Å². The minimum absolute atomic E-state index is 0.282. The van der Waals surface area contributed by atoms with Gasteiger partial charge in [-0.3, -0.25) is 0 Å². The van der Waals surface area contributed by atoms with Gasteiger partial charge in [0.1, 0.15) is 5.75 Å². The number of thioether (sulfide) groups is 1. The molecule has 0 radical (unpaired) electrons. The Balaban J connectivity index is 1.89. The number of phenolic OH excluding ortho intramolecular Hbond substituents is 1. The Bertz CT molecular complexity index is 562. The second-order valence-electron chi connectivity index (χ2n) is 4.46. The fraction of sp³-hybridized carbons (Fsp3) is 0.385. The molecule has 0 amide bonds. The van der Waals surface area contributed by atoms with Crippen LogP contribution in [0.1, 0.15) is 29.5 Å². The Morgan fingerprint density at radius 1 is 1.44 bits per heavy atom. The van der Waals surface area contributed by atoms with Gasteiger partial charge in [0.2, 0.25) is 0 Å². The highest BCUT2D eigenvalue weighted by atomic mass is 32.2. The summed E-state index contributed by atoms with van der Waals surface area (Å²) in [6.45, 7) is 1.85. The zero-order valence-corrected chi connectivity index (χ0v) is 10.9. The van der Waals surface area contributed by atoms with E-state index < -0.39 is 0 Å². The highest BCUT2D eigenvalue weighted by Gasteiger charge is 2.23. The quantitative estimate of drug-likeness (QED) is 0.899. The first-order valence-corrected chi connectivity index (χ1v) is 7.04. The monoisotopic (exact) mass is 262 g/mol. The molecule has 1 atom stereocenters. The highest BCUT2D eigenvalue weighted by Crippen LogP contribution is 2.39. The summed E-state index contributed by atoms with van der Waals surface area (Å²) in [5.41, 5.74) is 1.66. The van der Waals surface area contributed by atoms with E-state index in [1.54, 1.807) is 12.1 Å². The Labute approximate surface area is 109 Å². The van der Waals surface area contributed by atoms with Gasteiger partial charge in [0.05, 0.1) is 5.25 Å². The maximum absolute atomic E-state index is 9.50. The Morgan fingerprint density at radius 3 is 3.06 bits per heavy atom. The molecule has 1 fully saturated rings. The maximum Gasteiger partial charge on any atom is 0.257 e. The second kappa shape index (κ2) is 4.65. The minimum Gasteiger partial charge on any atom is -0.508 e. The van der Waals surface area contributed by atoms with Gasteiger partial charge in [0.25, 0.3) is 5.89 Å². The number of benzene rings is 1. The van der Waals surface area contributed by atoms with Gasteiger partial charge in [-0.1, -0.05) is 5.16 Å². The second-order valence-corrected chi connectivity index (χ2v) is 5.77. The molecule has 1 aliphatic heterocycles. The fourth-order valence-corrected chi connectivity index (χ4v) is 3.25. The van der Waals surface area contributed by atoms with E-state index in [2.05, 4.69) is 10.1 Å². The van der Waals surface area contributed by atoms with Gasteiger partial charge in [-0.25, -0.2) is 0 Å². The molecule has 3 rings (SSSR count). The molecule has 1 N–H and O–H groups in total. The van der Waals surface area contributed by atoms with Crippen LogP contribution in [0.25, 0.3) is 11.5 Å². The molecule has 4 nitrogen and oxygen atoms in total.